The average Bonchev–Trinajstić information content (AvgIpc) is 3.24. The SMILES string of the molecule is C=C(C)[C@@H]1C[C@@H](O)[C@@]2(C)C3=CC[C@@H]([C@@H]4CO[C@](O)(C(C)(C)O)[C@H](OC(C)=O)C4)[C@]3(C)CC[C@@H]2[C@@]1(C)[C@@H](O)CC(=O)OC. The summed E-state index contributed by atoms with van der Waals surface area (Å²) in [7, 11) is 1.32. The first-order valence-corrected chi connectivity index (χ1v) is 15.3. The number of esters is 2. The number of ether oxygens (including phenoxy) is 3. The molecule has 4 rings (SSSR count). The molecule has 1 aliphatic heterocycles. The van der Waals surface area contributed by atoms with Crippen molar-refractivity contribution in [3.05, 3.63) is 23.8 Å². The van der Waals surface area contributed by atoms with Crippen LogP contribution in [0.5, 0.6) is 0 Å². The highest BCUT2D eigenvalue weighted by atomic mass is 16.7. The molecule has 42 heavy (non-hydrogen) atoms. The third-order valence-electron chi connectivity index (χ3n) is 12.0. The van der Waals surface area contributed by atoms with Gasteiger partial charge in [-0.25, -0.2) is 0 Å². The van der Waals surface area contributed by atoms with Crippen LogP contribution in [0.2, 0.25) is 0 Å². The molecule has 0 aromatic heterocycles. The maximum absolute atomic E-state index is 12.3. The van der Waals surface area contributed by atoms with Gasteiger partial charge in [0.25, 0.3) is 0 Å². The van der Waals surface area contributed by atoms with E-state index >= 15 is 0 Å². The van der Waals surface area contributed by atoms with E-state index in [0.717, 1.165) is 30.4 Å². The largest absolute Gasteiger partial charge is 0.469 e. The lowest BCUT2D eigenvalue weighted by Crippen LogP contribution is -2.65. The molecule has 0 unspecified atom stereocenters. The number of rotatable bonds is 7. The van der Waals surface area contributed by atoms with E-state index in [1.165, 1.54) is 27.9 Å². The molecule has 0 aromatic carbocycles. The highest BCUT2D eigenvalue weighted by Gasteiger charge is 2.68. The lowest BCUT2D eigenvalue weighted by atomic mass is 9.40. The van der Waals surface area contributed by atoms with E-state index in [2.05, 4.69) is 26.5 Å². The van der Waals surface area contributed by atoms with Crippen LogP contribution in [-0.2, 0) is 23.8 Å². The predicted molar refractivity (Wildman–Crippen MR) is 156 cm³/mol. The van der Waals surface area contributed by atoms with Gasteiger partial charge in [-0.15, -0.1) is 0 Å². The van der Waals surface area contributed by atoms with Crippen molar-refractivity contribution in [2.75, 3.05) is 13.7 Å². The first-order chi connectivity index (χ1) is 19.3. The van der Waals surface area contributed by atoms with Crippen LogP contribution in [0.1, 0.15) is 87.0 Å². The smallest absolute Gasteiger partial charge is 0.308 e. The molecule has 0 spiro atoms. The molecule has 4 aliphatic rings. The fraction of sp³-hybridized carbons (Fsp3) is 0.818. The minimum Gasteiger partial charge on any atom is -0.469 e. The molecule has 0 aromatic rings. The third-order valence-corrected chi connectivity index (χ3v) is 12.0. The number of hydrogen-bond donors (Lipinski definition) is 4. The lowest BCUT2D eigenvalue weighted by molar-refractivity contribution is -0.354. The van der Waals surface area contributed by atoms with E-state index in [-0.39, 0.29) is 42.1 Å². The number of carbonyl (C=O) groups excluding carboxylic acids is 2. The second-order valence-electron chi connectivity index (χ2n) is 14.7. The van der Waals surface area contributed by atoms with Crippen LogP contribution < -0.4 is 0 Å². The fourth-order valence-corrected chi connectivity index (χ4v) is 9.74. The predicted octanol–water partition coefficient (Wildman–Crippen LogP) is 3.67. The Hall–Kier alpha value is -1.78. The second-order valence-corrected chi connectivity index (χ2v) is 14.7. The molecule has 0 bridgehead atoms. The number of fused-ring (bicyclic) bond motifs is 3. The monoisotopic (exact) mass is 592 g/mol. The zero-order valence-corrected chi connectivity index (χ0v) is 26.6. The summed E-state index contributed by atoms with van der Waals surface area (Å²) in [5.41, 5.74) is -1.30. The Labute approximate surface area is 250 Å². The molecule has 11 atom stereocenters. The summed E-state index contributed by atoms with van der Waals surface area (Å²) in [6.45, 7) is 16.9. The Morgan fingerprint density at radius 3 is 2.40 bits per heavy atom. The molecular formula is C33H52O9. The standard InChI is InChI=1S/C33H52O9/c1-18(2)22-15-25(35)32(8)23-11-10-21(20-14-27(42-19(3)34)33(39,41-17-20)29(4,5)38)30(23,6)13-12-24(32)31(22,7)26(36)16-28(37)40-9/h11,20-22,24-27,35-36,38-39H,1,10,12-17H2,2-9H3/t20-,21-,22-,24+,25+,26-,27+,30-,31-,32-,33-/m0/s1. The van der Waals surface area contributed by atoms with Crippen molar-refractivity contribution in [1.82, 2.24) is 0 Å². The first kappa shape index (κ1) is 33.1. The van der Waals surface area contributed by atoms with Crippen molar-refractivity contribution in [3.63, 3.8) is 0 Å². The van der Waals surface area contributed by atoms with E-state index in [1.54, 1.807) is 0 Å². The normalized spacial score (nSPS) is 44.3. The molecule has 9 heteroatoms. The molecule has 3 aliphatic carbocycles. The first-order valence-electron chi connectivity index (χ1n) is 15.3. The zero-order chi connectivity index (χ0) is 31.6. The summed E-state index contributed by atoms with van der Waals surface area (Å²) in [6, 6.07) is 0. The summed E-state index contributed by atoms with van der Waals surface area (Å²) in [5.74, 6) is -3.35. The van der Waals surface area contributed by atoms with E-state index in [4.69, 9.17) is 14.2 Å². The molecule has 4 N–H and O–H groups in total. The Bertz CT molecular complexity index is 1130. The molecule has 0 amide bonds. The van der Waals surface area contributed by atoms with Gasteiger partial charge in [-0.1, -0.05) is 44.6 Å². The Morgan fingerprint density at radius 2 is 1.86 bits per heavy atom. The molecule has 1 heterocycles. The third kappa shape index (κ3) is 4.87. The second kappa shape index (κ2) is 11.0. The average molecular weight is 593 g/mol. The minimum absolute atomic E-state index is 0.0731. The van der Waals surface area contributed by atoms with Crippen LogP contribution in [0.15, 0.2) is 23.8 Å². The topological polar surface area (TPSA) is 143 Å². The molecule has 2 saturated carbocycles. The summed E-state index contributed by atoms with van der Waals surface area (Å²) in [4.78, 5) is 24.3. The van der Waals surface area contributed by atoms with Gasteiger partial charge < -0.3 is 34.6 Å². The van der Waals surface area contributed by atoms with Crippen molar-refractivity contribution >= 4 is 11.9 Å². The minimum atomic E-state index is -2.04. The van der Waals surface area contributed by atoms with Gasteiger partial charge in [-0.3, -0.25) is 9.59 Å². The molecule has 0 radical (unpaired) electrons. The van der Waals surface area contributed by atoms with E-state index in [0.29, 0.717) is 12.8 Å². The summed E-state index contributed by atoms with van der Waals surface area (Å²) in [6.07, 6.45) is 2.44. The van der Waals surface area contributed by atoms with Gasteiger partial charge in [0.15, 0.2) is 6.10 Å². The highest BCUT2D eigenvalue weighted by molar-refractivity contribution is 5.70. The maximum Gasteiger partial charge on any atom is 0.308 e. The van der Waals surface area contributed by atoms with Crippen molar-refractivity contribution in [3.8, 4) is 0 Å². The number of methoxy groups -OCH3 is 1. The number of carbonyl (C=O) groups is 2. The van der Waals surface area contributed by atoms with Crippen molar-refractivity contribution < 1.29 is 44.2 Å². The van der Waals surface area contributed by atoms with Crippen molar-refractivity contribution in [2.24, 2.45) is 39.9 Å². The fourth-order valence-electron chi connectivity index (χ4n) is 9.74. The number of aliphatic hydroxyl groups is 4. The number of aliphatic hydroxyl groups excluding tert-OH is 2. The van der Waals surface area contributed by atoms with Crippen LogP contribution in [0.4, 0.5) is 0 Å². The van der Waals surface area contributed by atoms with Gasteiger partial charge in [-0.05, 0) is 82.0 Å². The summed E-state index contributed by atoms with van der Waals surface area (Å²) < 4.78 is 16.4. The Balaban J connectivity index is 1.68. The van der Waals surface area contributed by atoms with Crippen LogP contribution >= 0.6 is 0 Å². The molecule has 9 nitrogen and oxygen atoms in total. The zero-order valence-electron chi connectivity index (χ0n) is 26.6. The quantitative estimate of drug-likeness (QED) is 0.257. The van der Waals surface area contributed by atoms with Gasteiger partial charge in [0.2, 0.25) is 5.79 Å². The number of hydrogen-bond acceptors (Lipinski definition) is 9. The molecule has 238 valence electrons. The van der Waals surface area contributed by atoms with Crippen molar-refractivity contribution in [1.29, 1.82) is 0 Å². The van der Waals surface area contributed by atoms with Crippen LogP contribution in [-0.4, -0.2) is 75.8 Å². The maximum atomic E-state index is 12.3. The lowest BCUT2D eigenvalue weighted by Gasteiger charge is -2.65. The number of allylic oxidation sites excluding steroid dienone is 2. The van der Waals surface area contributed by atoms with Crippen LogP contribution in [0, 0.1) is 39.9 Å². The van der Waals surface area contributed by atoms with Crippen LogP contribution in [0.3, 0.4) is 0 Å². The molecule has 1 saturated heterocycles. The summed E-state index contributed by atoms with van der Waals surface area (Å²) in [5, 5.41) is 45.5. The van der Waals surface area contributed by atoms with E-state index < -0.39 is 52.5 Å². The Morgan fingerprint density at radius 1 is 1.21 bits per heavy atom. The van der Waals surface area contributed by atoms with Gasteiger partial charge in [0.1, 0.15) is 5.60 Å². The Kier molecular flexibility index (Phi) is 8.66. The van der Waals surface area contributed by atoms with Crippen LogP contribution in [0.25, 0.3) is 0 Å². The molecular weight excluding hydrogens is 540 g/mol. The van der Waals surface area contributed by atoms with E-state index in [9.17, 15) is 30.0 Å². The molecule has 3 fully saturated rings. The highest BCUT2D eigenvalue weighted by Crippen LogP contribution is 2.71. The van der Waals surface area contributed by atoms with Gasteiger partial charge in [0, 0.05) is 17.8 Å². The van der Waals surface area contributed by atoms with E-state index in [1.807, 2.05) is 13.8 Å². The van der Waals surface area contributed by atoms with Gasteiger partial charge >= 0.3 is 11.9 Å². The van der Waals surface area contributed by atoms with Crippen molar-refractivity contribution in [2.45, 2.75) is 117 Å². The van der Waals surface area contributed by atoms with Gasteiger partial charge in [-0.2, -0.15) is 0 Å². The summed E-state index contributed by atoms with van der Waals surface area (Å²) >= 11 is 0. The van der Waals surface area contributed by atoms with Gasteiger partial charge in [0.05, 0.1) is 32.3 Å².